The molecule has 0 bridgehead atoms. The van der Waals surface area contributed by atoms with Crippen LogP contribution in [0, 0.1) is 12.8 Å². The molecule has 7 nitrogen and oxygen atoms in total. The molecule has 26 heavy (non-hydrogen) atoms. The lowest BCUT2D eigenvalue weighted by Gasteiger charge is -2.07. The normalized spacial score (nSPS) is 12.2. The third kappa shape index (κ3) is 4.03. The highest BCUT2D eigenvalue weighted by atomic mass is 32.2. The lowest BCUT2D eigenvalue weighted by atomic mass is 10.1. The van der Waals surface area contributed by atoms with E-state index in [9.17, 15) is 13.2 Å². The van der Waals surface area contributed by atoms with Crippen molar-refractivity contribution in [2.75, 3.05) is 0 Å². The van der Waals surface area contributed by atoms with Gasteiger partial charge in [0, 0.05) is 23.0 Å². The SMILES string of the molecule is Cc1cc(=O)[nH]c2ccc(S(=O)(=O)NCc3cc(CC(C)C)no3)cc12. The summed E-state index contributed by atoms with van der Waals surface area (Å²) in [7, 11) is -3.72. The maximum atomic E-state index is 12.6. The molecule has 0 amide bonds. The van der Waals surface area contributed by atoms with Crippen LogP contribution in [0.4, 0.5) is 0 Å². The van der Waals surface area contributed by atoms with Gasteiger partial charge in [-0.25, -0.2) is 13.1 Å². The Kier molecular flexibility index (Phi) is 4.97. The van der Waals surface area contributed by atoms with Crippen LogP contribution in [0.5, 0.6) is 0 Å². The summed E-state index contributed by atoms with van der Waals surface area (Å²) in [6.07, 6.45) is 0.776. The van der Waals surface area contributed by atoms with Crippen molar-refractivity contribution in [1.82, 2.24) is 14.9 Å². The average molecular weight is 375 g/mol. The second kappa shape index (κ2) is 7.05. The number of aromatic nitrogens is 2. The molecule has 2 heterocycles. The van der Waals surface area contributed by atoms with Gasteiger partial charge in [0.2, 0.25) is 15.6 Å². The van der Waals surface area contributed by atoms with Gasteiger partial charge in [-0.2, -0.15) is 0 Å². The van der Waals surface area contributed by atoms with Gasteiger partial charge in [-0.1, -0.05) is 19.0 Å². The van der Waals surface area contributed by atoms with Gasteiger partial charge in [-0.05, 0) is 43.0 Å². The monoisotopic (exact) mass is 375 g/mol. The lowest BCUT2D eigenvalue weighted by molar-refractivity contribution is 0.372. The molecule has 0 spiro atoms. The van der Waals surface area contributed by atoms with Gasteiger partial charge in [0.1, 0.15) is 0 Å². The van der Waals surface area contributed by atoms with E-state index in [1.165, 1.54) is 12.1 Å². The predicted molar refractivity (Wildman–Crippen MR) is 98.4 cm³/mol. The summed E-state index contributed by atoms with van der Waals surface area (Å²) >= 11 is 0. The zero-order chi connectivity index (χ0) is 18.9. The highest BCUT2D eigenvalue weighted by Crippen LogP contribution is 2.20. The summed E-state index contributed by atoms with van der Waals surface area (Å²) in [6, 6.07) is 7.81. The standard InChI is InChI=1S/C18H21N3O4S/c1-11(2)6-13-8-14(25-21-13)10-19-26(23,24)15-4-5-17-16(9-15)12(3)7-18(22)20-17/h4-5,7-9,11,19H,6,10H2,1-3H3,(H,20,22). The van der Waals surface area contributed by atoms with Gasteiger partial charge in [0.25, 0.3) is 0 Å². The smallest absolute Gasteiger partial charge is 0.248 e. The zero-order valence-corrected chi connectivity index (χ0v) is 15.7. The Bertz CT molecular complexity index is 1100. The summed E-state index contributed by atoms with van der Waals surface area (Å²) in [4.78, 5) is 14.3. The number of hydrogen-bond donors (Lipinski definition) is 2. The zero-order valence-electron chi connectivity index (χ0n) is 14.9. The number of H-pyrrole nitrogens is 1. The topological polar surface area (TPSA) is 105 Å². The van der Waals surface area contributed by atoms with Crippen LogP contribution in [0.3, 0.4) is 0 Å². The van der Waals surface area contributed by atoms with Gasteiger partial charge in [0.15, 0.2) is 5.76 Å². The van der Waals surface area contributed by atoms with Gasteiger partial charge < -0.3 is 9.51 Å². The molecule has 0 unspecified atom stereocenters. The van der Waals surface area contributed by atoms with Crippen molar-refractivity contribution in [3.63, 3.8) is 0 Å². The van der Waals surface area contributed by atoms with Crippen LogP contribution < -0.4 is 10.3 Å². The highest BCUT2D eigenvalue weighted by molar-refractivity contribution is 7.89. The number of aromatic amines is 1. The number of benzene rings is 1. The Morgan fingerprint density at radius 1 is 1.23 bits per heavy atom. The molecule has 8 heteroatoms. The van der Waals surface area contributed by atoms with Crippen LogP contribution in [0.15, 0.2) is 44.5 Å². The highest BCUT2D eigenvalue weighted by Gasteiger charge is 2.16. The second-order valence-electron chi connectivity index (χ2n) is 6.73. The number of pyridine rings is 1. The molecular formula is C18H21N3O4S. The molecule has 0 aliphatic rings. The molecule has 3 aromatic rings. The van der Waals surface area contributed by atoms with Gasteiger partial charge in [0.05, 0.1) is 17.1 Å². The Morgan fingerprint density at radius 3 is 2.73 bits per heavy atom. The minimum Gasteiger partial charge on any atom is -0.360 e. The first-order valence-corrected chi connectivity index (χ1v) is 9.81. The molecule has 0 aliphatic heterocycles. The fourth-order valence-electron chi connectivity index (χ4n) is 2.77. The van der Waals surface area contributed by atoms with E-state index in [0.717, 1.165) is 17.7 Å². The minimum atomic E-state index is -3.72. The molecule has 138 valence electrons. The Morgan fingerprint density at radius 2 is 2.00 bits per heavy atom. The third-order valence-electron chi connectivity index (χ3n) is 3.99. The van der Waals surface area contributed by atoms with E-state index in [0.29, 0.717) is 22.6 Å². The van der Waals surface area contributed by atoms with E-state index in [2.05, 4.69) is 28.7 Å². The van der Waals surface area contributed by atoms with Gasteiger partial charge >= 0.3 is 0 Å². The summed E-state index contributed by atoms with van der Waals surface area (Å²) in [5.41, 5.74) is 1.91. The van der Waals surface area contributed by atoms with E-state index >= 15 is 0 Å². The van der Waals surface area contributed by atoms with E-state index in [4.69, 9.17) is 4.52 Å². The molecule has 3 rings (SSSR count). The number of rotatable bonds is 6. The molecule has 0 saturated carbocycles. The molecule has 2 N–H and O–H groups in total. The molecule has 0 fully saturated rings. The van der Waals surface area contributed by atoms with E-state index in [-0.39, 0.29) is 17.0 Å². The Balaban J connectivity index is 1.80. The number of sulfonamides is 1. The van der Waals surface area contributed by atoms with Crippen molar-refractivity contribution in [3.05, 3.63) is 57.7 Å². The number of nitrogens with zero attached hydrogens (tertiary/aromatic N) is 1. The molecule has 0 atom stereocenters. The van der Waals surface area contributed by atoms with Crippen molar-refractivity contribution < 1.29 is 12.9 Å². The van der Waals surface area contributed by atoms with E-state index < -0.39 is 10.0 Å². The fourth-order valence-corrected chi connectivity index (χ4v) is 3.79. The Labute approximate surface area is 151 Å². The fraction of sp³-hybridized carbons (Fsp3) is 0.333. The molecular weight excluding hydrogens is 354 g/mol. The van der Waals surface area contributed by atoms with Crippen molar-refractivity contribution in [2.24, 2.45) is 5.92 Å². The van der Waals surface area contributed by atoms with E-state index in [1.807, 2.05) is 0 Å². The molecule has 2 aromatic heterocycles. The lowest BCUT2D eigenvalue weighted by Crippen LogP contribution is -2.23. The summed E-state index contributed by atoms with van der Waals surface area (Å²) < 4.78 is 32.8. The second-order valence-corrected chi connectivity index (χ2v) is 8.50. The average Bonchev–Trinajstić information content (AvgIpc) is 2.99. The van der Waals surface area contributed by atoms with Crippen LogP contribution in [0.2, 0.25) is 0 Å². The molecule has 0 saturated heterocycles. The predicted octanol–water partition coefficient (Wildman–Crippen LogP) is 2.50. The summed E-state index contributed by atoms with van der Waals surface area (Å²) in [5, 5.41) is 4.63. The Hall–Kier alpha value is -2.45. The first-order chi connectivity index (χ1) is 12.2. The van der Waals surface area contributed by atoms with Gasteiger partial charge in [-0.15, -0.1) is 0 Å². The number of fused-ring (bicyclic) bond motifs is 1. The quantitative estimate of drug-likeness (QED) is 0.689. The number of hydrogen-bond acceptors (Lipinski definition) is 5. The van der Waals surface area contributed by atoms with Crippen molar-refractivity contribution in [1.29, 1.82) is 0 Å². The number of nitrogens with one attached hydrogen (secondary N) is 2. The van der Waals surface area contributed by atoms with Gasteiger partial charge in [-0.3, -0.25) is 4.79 Å². The largest absolute Gasteiger partial charge is 0.360 e. The van der Waals surface area contributed by atoms with Crippen LogP contribution in [-0.4, -0.2) is 18.6 Å². The minimum absolute atomic E-state index is 0.0239. The van der Waals surface area contributed by atoms with Crippen LogP contribution in [0.1, 0.15) is 30.9 Å². The van der Waals surface area contributed by atoms with Crippen LogP contribution in [-0.2, 0) is 23.0 Å². The van der Waals surface area contributed by atoms with Crippen molar-refractivity contribution >= 4 is 20.9 Å². The molecule has 1 aromatic carbocycles. The van der Waals surface area contributed by atoms with Crippen molar-refractivity contribution in [2.45, 2.75) is 38.6 Å². The van der Waals surface area contributed by atoms with Crippen LogP contribution in [0.25, 0.3) is 10.9 Å². The van der Waals surface area contributed by atoms with Crippen molar-refractivity contribution in [3.8, 4) is 0 Å². The summed E-state index contributed by atoms with van der Waals surface area (Å²) in [5.74, 6) is 0.905. The van der Waals surface area contributed by atoms with Crippen LogP contribution >= 0.6 is 0 Å². The third-order valence-corrected chi connectivity index (χ3v) is 5.39. The number of aryl methyl sites for hydroxylation is 1. The first-order valence-electron chi connectivity index (χ1n) is 8.32. The maximum absolute atomic E-state index is 12.6. The molecule has 0 radical (unpaired) electrons. The first kappa shape index (κ1) is 18.3. The summed E-state index contributed by atoms with van der Waals surface area (Å²) in [6.45, 7) is 5.94. The molecule has 0 aliphatic carbocycles. The maximum Gasteiger partial charge on any atom is 0.248 e. The van der Waals surface area contributed by atoms with E-state index in [1.54, 1.807) is 25.1 Å².